The molecular weight excluding hydrogens is 120 g/mol. The molecule has 0 saturated carbocycles. The maximum absolute atomic E-state index is 3.13. The summed E-state index contributed by atoms with van der Waals surface area (Å²) in [7, 11) is 0. The van der Waals surface area contributed by atoms with Crippen molar-refractivity contribution >= 4 is 0 Å². The van der Waals surface area contributed by atoms with Crippen molar-refractivity contribution < 1.29 is 0 Å². The maximum Gasteiger partial charge on any atom is -0.0178 e. The molecule has 10 heavy (non-hydrogen) atoms. The van der Waals surface area contributed by atoms with Crippen molar-refractivity contribution in [3.05, 3.63) is 35.4 Å². The minimum Gasteiger partial charge on any atom is -0.0613 e. The van der Waals surface area contributed by atoms with Gasteiger partial charge in [-0.2, -0.15) is 0 Å². The lowest BCUT2D eigenvalue weighted by Gasteiger charge is -1.98. The summed E-state index contributed by atoms with van der Waals surface area (Å²) in [5, 5.41) is 0. The van der Waals surface area contributed by atoms with Gasteiger partial charge < -0.3 is 0 Å². The van der Waals surface area contributed by atoms with Crippen molar-refractivity contribution in [2.75, 3.05) is 0 Å². The summed E-state index contributed by atoms with van der Waals surface area (Å²) < 4.78 is 0. The summed E-state index contributed by atoms with van der Waals surface area (Å²) in [6.07, 6.45) is 2.23. The van der Waals surface area contributed by atoms with Gasteiger partial charge in [0.05, 0.1) is 0 Å². The summed E-state index contributed by atoms with van der Waals surface area (Å²) in [6, 6.07) is 9.49. The number of benzene rings is 1. The van der Waals surface area contributed by atoms with E-state index in [1.165, 1.54) is 11.1 Å². The van der Waals surface area contributed by atoms with Gasteiger partial charge in [-0.3, -0.25) is 0 Å². The third-order valence-corrected chi connectivity index (χ3v) is 1.72. The SMILES string of the molecule is CCc1c[c]cc(CC)c1. The van der Waals surface area contributed by atoms with E-state index in [9.17, 15) is 0 Å². The third-order valence-electron chi connectivity index (χ3n) is 1.72. The van der Waals surface area contributed by atoms with Crippen molar-refractivity contribution in [3.63, 3.8) is 0 Å². The molecule has 0 bridgehead atoms. The molecule has 0 aliphatic heterocycles. The highest BCUT2D eigenvalue weighted by Crippen LogP contribution is 2.05. The second-order valence-corrected chi connectivity index (χ2v) is 2.46. The van der Waals surface area contributed by atoms with Crippen LogP contribution in [0.3, 0.4) is 0 Å². The van der Waals surface area contributed by atoms with Gasteiger partial charge in [0.1, 0.15) is 0 Å². The van der Waals surface area contributed by atoms with Gasteiger partial charge in [0, 0.05) is 0 Å². The fourth-order valence-corrected chi connectivity index (χ4v) is 0.985. The Balaban J connectivity index is 2.87. The highest BCUT2D eigenvalue weighted by atomic mass is 13.9. The first kappa shape index (κ1) is 7.33. The van der Waals surface area contributed by atoms with E-state index < -0.39 is 0 Å². The van der Waals surface area contributed by atoms with Crippen LogP contribution in [-0.2, 0) is 12.8 Å². The van der Waals surface area contributed by atoms with Gasteiger partial charge in [-0.1, -0.05) is 32.0 Å². The topological polar surface area (TPSA) is 0 Å². The largest absolute Gasteiger partial charge is 0.0613 e. The lowest BCUT2D eigenvalue weighted by Crippen LogP contribution is -1.83. The van der Waals surface area contributed by atoms with Crippen LogP contribution in [0.15, 0.2) is 18.2 Å². The van der Waals surface area contributed by atoms with Crippen LogP contribution in [0.1, 0.15) is 25.0 Å². The van der Waals surface area contributed by atoms with Crippen molar-refractivity contribution in [3.8, 4) is 0 Å². The lowest BCUT2D eigenvalue weighted by atomic mass is 10.1. The van der Waals surface area contributed by atoms with Gasteiger partial charge in [0.2, 0.25) is 0 Å². The van der Waals surface area contributed by atoms with Gasteiger partial charge in [0.25, 0.3) is 0 Å². The molecule has 0 heterocycles. The normalized spacial score (nSPS) is 9.80. The number of rotatable bonds is 2. The van der Waals surface area contributed by atoms with Crippen LogP contribution in [0.5, 0.6) is 0 Å². The molecule has 0 amide bonds. The minimum absolute atomic E-state index is 1.12. The molecule has 53 valence electrons. The van der Waals surface area contributed by atoms with Crippen LogP contribution in [0.25, 0.3) is 0 Å². The second kappa shape index (κ2) is 3.40. The van der Waals surface area contributed by atoms with Gasteiger partial charge in [0.15, 0.2) is 0 Å². The first-order valence-corrected chi connectivity index (χ1v) is 3.85. The molecule has 0 saturated heterocycles. The first-order valence-electron chi connectivity index (χ1n) is 3.85. The summed E-state index contributed by atoms with van der Waals surface area (Å²) >= 11 is 0. The van der Waals surface area contributed by atoms with Gasteiger partial charge in [-0.25, -0.2) is 0 Å². The van der Waals surface area contributed by atoms with Gasteiger partial charge >= 0.3 is 0 Å². The second-order valence-electron chi connectivity index (χ2n) is 2.46. The Morgan fingerprint density at radius 1 is 1.10 bits per heavy atom. The molecule has 1 rings (SSSR count). The molecule has 1 aromatic rings. The van der Waals surface area contributed by atoms with E-state index in [-0.39, 0.29) is 0 Å². The lowest BCUT2D eigenvalue weighted by molar-refractivity contribution is 1.09. The summed E-state index contributed by atoms with van der Waals surface area (Å²) in [6.45, 7) is 4.34. The van der Waals surface area contributed by atoms with Gasteiger partial charge in [-0.05, 0) is 30.0 Å². The average Bonchev–Trinajstić information content (AvgIpc) is 2.05. The van der Waals surface area contributed by atoms with E-state index in [0.717, 1.165) is 12.8 Å². The molecule has 0 N–H and O–H groups in total. The van der Waals surface area contributed by atoms with Crippen molar-refractivity contribution in [2.45, 2.75) is 26.7 Å². The summed E-state index contributed by atoms with van der Waals surface area (Å²) in [4.78, 5) is 0. The molecule has 1 radical (unpaired) electrons. The smallest absolute Gasteiger partial charge is 0.0178 e. The van der Waals surface area contributed by atoms with Crippen molar-refractivity contribution in [1.82, 2.24) is 0 Å². The molecule has 1 aromatic carbocycles. The molecular formula is C10H13. The fraction of sp³-hybridized carbons (Fsp3) is 0.400. The van der Waals surface area contributed by atoms with Crippen molar-refractivity contribution in [1.29, 1.82) is 0 Å². The molecule has 0 atom stereocenters. The Hall–Kier alpha value is -0.780. The Morgan fingerprint density at radius 2 is 1.60 bits per heavy atom. The standard InChI is InChI=1S/C10H13/c1-3-9-6-5-7-10(4-2)8-9/h6-8H,3-4H2,1-2H3. The summed E-state index contributed by atoms with van der Waals surface area (Å²) in [5.74, 6) is 0. The van der Waals surface area contributed by atoms with E-state index in [4.69, 9.17) is 0 Å². The first-order chi connectivity index (χ1) is 4.86. The molecule has 0 heteroatoms. The molecule has 0 fully saturated rings. The van der Waals surface area contributed by atoms with Crippen LogP contribution in [0.4, 0.5) is 0 Å². The molecule has 0 nitrogen and oxygen atoms in total. The van der Waals surface area contributed by atoms with E-state index in [0.29, 0.717) is 0 Å². The van der Waals surface area contributed by atoms with E-state index in [1.807, 2.05) is 0 Å². The molecule has 0 aliphatic rings. The Labute approximate surface area is 62.9 Å². The molecule has 0 spiro atoms. The van der Waals surface area contributed by atoms with Crippen LogP contribution in [0.2, 0.25) is 0 Å². The zero-order chi connectivity index (χ0) is 7.40. The van der Waals surface area contributed by atoms with Crippen LogP contribution >= 0.6 is 0 Å². The zero-order valence-electron chi connectivity index (χ0n) is 6.65. The quantitative estimate of drug-likeness (QED) is 0.581. The third kappa shape index (κ3) is 1.60. The van der Waals surface area contributed by atoms with Crippen molar-refractivity contribution in [2.24, 2.45) is 0 Å². The maximum atomic E-state index is 3.13. The predicted molar refractivity (Wildman–Crippen MR) is 44.0 cm³/mol. The Kier molecular flexibility index (Phi) is 2.49. The summed E-state index contributed by atoms with van der Waals surface area (Å²) in [5.41, 5.74) is 2.78. The van der Waals surface area contributed by atoms with E-state index in [1.54, 1.807) is 0 Å². The monoisotopic (exact) mass is 133 g/mol. The number of hydrogen-bond donors (Lipinski definition) is 0. The van der Waals surface area contributed by atoms with Gasteiger partial charge in [-0.15, -0.1) is 0 Å². The zero-order valence-corrected chi connectivity index (χ0v) is 6.65. The van der Waals surface area contributed by atoms with Crippen LogP contribution < -0.4 is 0 Å². The fourth-order valence-electron chi connectivity index (χ4n) is 0.985. The average molecular weight is 133 g/mol. The Morgan fingerprint density at radius 3 is 2.00 bits per heavy atom. The van der Waals surface area contributed by atoms with Crippen LogP contribution in [-0.4, -0.2) is 0 Å². The van der Waals surface area contributed by atoms with E-state index >= 15 is 0 Å². The molecule has 0 unspecified atom stereocenters. The highest BCUT2D eigenvalue weighted by molar-refractivity contribution is 5.22. The van der Waals surface area contributed by atoms with Crippen LogP contribution in [0, 0.1) is 6.07 Å². The van der Waals surface area contributed by atoms with E-state index in [2.05, 4.69) is 38.1 Å². The number of hydrogen-bond acceptors (Lipinski definition) is 0. The molecule has 0 aliphatic carbocycles. The molecule has 0 aromatic heterocycles. The highest BCUT2D eigenvalue weighted by Gasteiger charge is 1.89. The Bertz CT molecular complexity index is 182. The minimum atomic E-state index is 1.12. The predicted octanol–water partition coefficient (Wildman–Crippen LogP) is 2.61. The number of aryl methyl sites for hydroxylation is 2.